The van der Waals surface area contributed by atoms with Crippen LogP contribution in [0, 0.1) is 0 Å². The molecule has 0 aliphatic heterocycles. The summed E-state index contributed by atoms with van der Waals surface area (Å²) in [6, 6.07) is 13.9. The average molecular weight is 380 g/mol. The molecule has 0 unspecified atom stereocenters. The molecule has 1 aromatic heterocycles. The normalized spacial score (nSPS) is 10.6. The monoisotopic (exact) mass is 380 g/mol. The number of rotatable bonds is 6. The molecule has 0 aliphatic rings. The molecule has 0 bridgehead atoms. The first-order chi connectivity index (χ1) is 13.6. The summed E-state index contributed by atoms with van der Waals surface area (Å²) >= 11 is 0. The summed E-state index contributed by atoms with van der Waals surface area (Å²) in [5, 5.41) is 13.5. The lowest BCUT2D eigenvalue weighted by Crippen LogP contribution is -2.17. The Morgan fingerprint density at radius 2 is 1.93 bits per heavy atom. The van der Waals surface area contributed by atoms with Crippen molar-refractivity contribution in [2.24, 2.45) is 5.10 Å². The molecule has 2 N–H and O–H groups in total. The number of methoxy groups -OCH3 is 1. The van der Waals surface area contributed by atoms with Crippen molar-refractivity contribution >= 4 is 18.1 Å². The number of esters is 1. The number of ether oxygens (including phenoxy) is 2. The summed E-state index contributed by atoms with van der Waals surface area (Å²) < 4.78 is 15.5. The number of phenolic OH excluding ortho intramolecular Hbond substituents is 1. The first kappa shape index (κ1) is 18.7. The van der Waals surface area contributed by atoms with Gasteiger partial charge in [-0.15, -0.1) is 0 Å². The molecule has 28 heavy (non-hydrogen) atoms. The van der Waals surface area contributed by atoms with Crippen LogP contribution < -0.4 is 14.9 Å². The molecule has 8 nitrogen and oxygen atoms in total. The van der Waals surface area contributed by atoms with Crippen molar-refractivity contribution in [1.29, 1.82) is 0 Å². The fourth-order valence-corrected chi connectivity index (χ4v) is 2.28. The van der Waals surface area contributed by atoms with E-state index in [2.05, 4.69) is 10.5 Å². The number of carbonyl (C=O) groups excluding carboxylic acids is 2. The lowest BCUT2D eigenvalue weighted by molar-refractivity contribution is 0.0696. The van der Waals surface area contributed by atoms with Crippen molar-refractivity contribution in [1.82, 2.24) is 5.43 Å². The second-order valence-corrected chi connectivity index (χ2v) is 5.49. The van der Waals surface area contributed by atoms with E-state index in [0.29, 0.717) is 11.3 Å². The summed E-state index contributed by atoms with van der Waals surface area (Å²) in [7, 11) is 1.43. The van der Waals surface area contributed by atoms with Crippen LogP contribution in [-0.4, -0.2) is 30.3 Å². The van der Waals surface area contributed by atoms with Crippen molar-refractivity contribution < 1.29 is 28.6 Å². The van der Waals surface area contributed by atoms with Gasteiger partial charge in [-0.3, -0.25) is 4.79 Å². The molecule has 142 valence electrons. The van der Waals surface area contributed by atoms with Gasteiger partial charge in [-0.05, 0) is 48.0 Å². The third-order valence-electron chi connectivity index (χ3n) is 3.64. The van der Waals surface area contributed by atoms with E-state index in [1.807, 2.05) is 0 Å². The first-order valence-electron chi connectivity index (χ1n) is 8.13. The fraction of sp³-hybridized carbons (Fsp3) is 0.0500. The number of nitrogens with zero attached hydrogens (tertiary/aromatic N) is 1. The van der Waals surface area contributed by atoms with E-state index < -0.39 is 11.9 Å². The molecule has 0 fully saturated rings. The number of hydrogen-bond donors (Lipinski definition) is 2. The second-order valence-electron chi connectivity index (χ2n) is 5.49. The van der Waals surface area contributed by atoms with Crippen LogP contribution in [-0.2, 0) is 0 Å². The Bertz CT molecular complexity index is 1010. The molecule has 3 aromatic rings. The molecule has 2 aromatic carbocycles. The number of benzene rings is 2. The molecule has 8 heteroatoms. The summed E-state index contributed by atoms with van der Waals surface area (Å²) in [4.78, 5) is 24.0. The van der Waals surface area contributed by atoms with Crippen LogP contribution >= 0.6 is 0 Å². The number of phenols is 1. The van der Waals surface area contributed by atoms with Crippen LogP contribution in [0.3, 0.4) is 0 Å². The molecule has 1 amide bonds. The molecular formula is C20H16N2O6. The lowest BCUT2D eigenvalue weighted by Gasteiger charge is -2.09. The van der Waals surface area contributed by atoms with Crippen LogP contribution in [0.4, 0.5) is 0 Å². The van der Waals surface area contributed by atoms with Gasteiger partial charge in [0.2, 0.25) is 5.76 Å². The number of hydrazone groups is 1. The Kier molecular flexibility index (Phi) is 5.71. The SMILES string of the molecule is COc1cc(C=NNC(=O)c2ccccc2O)ccc1OC(=O)c1ccco1. The van der Waals surface area contributed by atoms with Gasteiger partial charge in [0.05, 0.1) is 25.2 Å². The molecule has 0 radical (unpaired) electrons. The Labute approximate surface area is 160 Å². The summed E-state index contributed by atoms with van der Waals surface area (Å²) in [5.74, 6) is -0.765. The number of carbonyl (C=O) groups is 2. The van der Waals surface area contributed by atoms with E-state index in [4.69, 9.17) is 13.9 Å². The van der Waals surface area contributed by atoms with Gasteiger partial charge in [-0.1, -0.05) is 12.1 Å². The Morgan fingerprint density at radius 3 is 2.64 bits per heavy atom. The van der Waals surface area contributed by atoms with Crippen LogP contribution in [0.1, 0.15) is 26.5 Å². The molecule has 1 heterocycles. The average Bonchev–Trinajstić information content (AvgIpc) is 3.24. The highest BCUT2D eigenvalue weighted by Gasteiger charge is 2.15. The minimum Gasteiger partial charge on any atom is -0.507 e. The lowest BCUT2D eigenvalue weighted by atomic mass is 10.2. The minimum atomic E-state index is -0.653. The van der Waals surface area contributed by atoms with E-state index in [0.717, 1.165) is 0 Å². The van der Waals surface area contributed by atoms with E-state index >= 15 is 0 Å². The second kappa shape index (κ2) is 8.54. The Balaban J connectivity index is 1.68. The van der Waals surface area contributed by atoms with E-state index in [1.165, 1.54) is 43.9 Å². The maximum atomic E-state index is 12.0. The van der Waals surface area contributed by atoms with Gasteiger partial charge in [0.15, 0.2) is 11.5 Å². The zero-order valence-corrected chi connectivity index (χ0v) is 14.8. The largest absolute Gasteiger partial charge is 0.507 e. The molecule has 0 spiro atoms. The van der Waals surface area contributed by atoms with Crippen molar-refractivity contribution in [3.63, 3.8) is 0 Å². The predicted octanol–water partition coefficient (Wildman–Crippen LogP) is 2.98. The predicted molar refractivity (Wildman–Crippen MR) is 99.8 cm³/mol. The highest BCUT2D eigenvalue weighted by atomic mass is 16.6. The van der Waals surface area contributed by atoms with Gasteiger partial charge in [-0.25, -0.2) is 10.2 Å². The number of furan rings is 1. The van der Waals surface area contributed by atoms with Crippen LogP contribution in [0.5, 0.6) is 17.2 Å². The number of hydrogen-bond acceptors (Lipinski definition) is 7. The standard InChI is InChI=1S/C20H16N2O6/c1-26-18-11-13(8-9-16(18)28-20(25)17-7-4-10-27-17)12-21-22-19(24)14-5-2-3-6-15(14)23/h2-12,23H,1H3,(H,22,24). The van der Waals surface area contributed by atoms with Gasteiger partial charge in [0.1, 0.15) is 5.75 Å². The van der Waals surface area contributed by atoms with Crippen LogP contribution in [0.25, 0.3) is 0 Å². The Morgan fingerprint density at radius 1 is 1.11 bits per heavy atom. The number of aromatic hydroxyl groups is 1. The summed E-state index contributed by atoms with van der Waals surface area (Å²) in [6.45, 7) is 0. The number of para-hydroxylation sites is 1. The maximum absolute atomic E-state index is 12.0. The van der Waals surface area contributed by atoms with Crippen molar-refractivity contribution in [3.05, 3.63) is 77.7 Å². The zero-order valence-electron chi connectivity index (χ0n) is 14.8. The van der Waals surface area contributed by atoms with Crippen molar-refractivity contribution in [2.45, 2.75) is 0 Å². The molecule has 0 saturated heterocycles. The topological polar surface area (TPSA) is 110 Å². The van der Waals surface area contributed by atoms with Gasteiger partial charge in [-0.2, -0.15) is 5.10 Å². The molecule has 3 rings (SSSR count). The highest BCUT2D eigenvalue weighted by Crippen LogP contribution is 2.28. The van der Waals surface area contributed by atoms with Gasteiger partial charge in [0, 0.05) is 0 Å². The van der Waals surface area contributed by atoms with Crippen molar-refractivity contribution in [2.75, 3.05) is 7.11 Å². The molecule has 0 atom stereocenters. The quantitative estimate of drug-likeness (QED) is 0.294. The molecular weight excluding hydrogens is 364 g/mol. The first-order valence-corrected chi connectivity index (χ1v) is 8.13. The van der Waals surface area contributed by atoms with Gasteiger partial charge in [0.25, 0.3) is 5.91 Å². The van der Waals surface area contributed by atoms with Gasteiger partial charge >= 0.3 is 5.97 Å². The third-order valence-corrected chi connectivity index (χ3v) is 3.64. The smallest absolute Gasteiger partial charge is 0.379 e. The zero-order chi connectivity index (χ0) is 19.9. The van der Waals surface area contributed by atoms with E-state index in [-0.39, 0.29) is 22.8 Å². The molecule has 0 saturated carbocycles. The van der Waals surface area contributed by atoms with Crippen LogP contribution in [0.2, 0.25) is 0 Å². The summed E-state index contributed by atoms with van der Waals surface area (Å²) in [5.41, 5.74) is 3.02. The third kappa shape index (κ3) is 4.36. The Hall–Kier alpha value is -4.07. The van der Waals surface area contributed by atoms with Gasteiger partial charge < -0.3 is 19.0 Å². The fourth-order valence-electron chi connectivity index (χ4n) is 2.28. The minimum absolute atomic E-state index is 0.0690. The highest BCUT2D eigenvalue weighted by molar-refractivity contribution is 5.97. The van der Waals surface area contributed by atoms with E-state index in [9.17, 15) is 14.7 Å². The number of nitrogens with one attached hydrogen (secondary N) is 1. The summed E-state index contributed by atoms with van der Waals surface area (Å²) in [6.07, 6.45) is 2.76. The van der Waals surface area contributed by atoms with E-state index in [1.54, 1.807) is 30.3 Å². The number of amides is 1. The van der Waals surface area contributed by atoms with Crippen molar-refractivity contribution in [3.8, 4) is 17.2 Å². The molecule has 0 aliphatic carbocycles. The maximum Gasteiger partial charge on any atom is 0.379 e. The van der Waals surface area contributed by atoms with Crippen LogP contribution in [0.15, 0.2) is 70.4 Å².